The SMILES string of the molecule is O=C1CCN(Cc2ccccc2)C(Br)C1. The van der Waals surface area contributed by atoms with Crippen LogP contribution in [0.3, 0.4) is 0 Å². The Morgan fingerprint density at radius 2 is 2.07 bits per heavy atom. The molecule has 2 nitrogen and oxygen atoms in total. The van der Waals surface area contributed by atoms with E-state index in [1.54, 1.807) is 0 Å². The second kappa shape index (κ2) is 4.90. The zero-order chi connectivity index (χ0) is 10.7. The number of carbonyl (C=O) groups is 1. The molecule has 0 bridgehead atoms. The summed E-state index contributed by atoms with van der Waals surface area (Å²) in [5.41, 5.74) is 1.30. The van der Waals surface area contributed by atoms with Crippen molar-refractivity contribution in [2.24, 2.45) is 0 Å². The highest BCUT2D eigenvalue weighted by Crippen LogP contribution is 2.21. The monoisotopic (exact) mass is 267 g/mol. The van der Waals surface area contributed by atoms with Gasteiger partial charge in [-0.1, -0.05) is 46.3 Å². The maximum Gasteiger partial charge on any atom is 0.136 e. The Hall–Kier alpha value is -0.670. The van der Waals surface area contributed by atoms with E-state index >= 15 is 0 Å². The van der Waals surface area contributed by atoms with Crippen LogP contribution in [-0.4, -0.2) is 22.2 Å². The van der Waals surface area contributed by atoms with Gasteiger partial charge in [-0.25, -0.2) is 0 Å². The van der Waals surface area contributed by atoms with Crippen LogP contribution in [0.25, 0.3) is 0 Å². The highest BCUT2D eigenvalue weighted by atomic mass is 79.9. The van der Waals surface area contributed by atoms with Crippen molar-refractivity contribution in [3.63, 3.8) is 0 Å². The lowest BCUT2D eigenvalue weighted by molar-refractivity contribution is -0.121. The zero-order valence-electron chi connectivity index (χ0n) is 8.53. The lowest BCUT2D eigenvalue weighted by Crippen LogP contribution is -2.38. The van der Waals surface area contributed by atoms with Crippen LogP contribution in [0.15, 0.2) is 30.3 Å². The largest absolute Gasteiger partial charge is 0.300 e. The Balaban J connectivity index is 1.98. The molecule has 0 aromatic heterocycles. The van der Waals surface area contributed by atoms with Gasteiger partial charge >= 0.3 is 0 Å². The first-order chi connectivity index (χ1) is 7.25. The minimum absolute atomic E-state index is 0.207. The Morgan fingerprint density at radius 1 is 1.33 bits per heavy atom. The summed E-state index contributed by atoms with van der Waals surface area (Å²) in [5.74, 6) is 0.362. The Bertz CT molecular complexity index is 339. The number of hydrogen-bond donors (Lipinski definition) is 0. The van der Waals surface area contributed by atoms with Gasteiger partial charge in [-0.2, -0.15) is 0 Å². The van der Waals surface area contributed by atoms with Gasteiger partial charge in [0, 0.05) is 25.9 Å². The van der Waals surface area contributed by atoms with Crippen LogP contribution in [0.1, 0.15) is 18.4 Å². The first-order valence-corrected chi connectivity index (χ1v) is 6.11. The number of likely N-dealkylation sites (tertiary alicyclic amines) is 1. The first-order valence-electron chi connectivity index (χ1n) is 5.19. The third-order valence-corrected chi connectivity index (χ3v) is 3.60. The van der Waals surface area contributed by atoms with Crippen molar-refractivity contribution < 1.29 is 4.79 Å². The highest BCUT2D eigenvalue weighted by Gasteiger charge is 2.24. The molecular weight excluding hydrogens is 254 g/mol. The van der Waals surface area contributed by atoms with Crippen LogP contribution in [0.5, 0.6) is 0 Å². The minimum atomic E-state index is 0.207. The van der Waals surface area contributed by atoms with E-state index in [-0.39, 0.29) is 4.95 Å². The molecule has 3 heteroatoms. The van der Waals surface area contributed by atoms with Crippen LogP contribution in [-0.2, 0) is 11.3 Å². The van der Waals surface area contributed by atoms with E-state index in [1.807, 2.05) is 18.2 Å². The van der Waals surface area contributed by atoms with E-state index in [0.717, 1.165) is 13.1 Å². The molecule has 2 rings (SSSR count). The average molecular weight is 268 g/mol. The van der Waals surface area contributed by atoms with Gasteiger partial charge in [0.25, 0.3) is 0 Å². The summed E-state index contributed by atoms with van der Waals surface area (Å²) in [5, 5.41) is 0. The van der Waals surface area contributed by atoms with Crippen LogP contribution in [0, 0.1) is 0 Å². The average Bonchev–Trinajstić information content (AvgIpc) is 2.24. The number of nitrogens with zero attached hydrogens (tertiary/aromatic N) is 1. The Morgan fingerprint density at radius 3 is 2.73 bits per heavy atom. The second-order valence-electron chi connectivity index (χ2n) is 3.88. The molecule has 0 spiro atoms. The topological polar surface area (TPSA) is 20.3 Å². The van der Waals surface area contributed by atoms with E-state index in [0.29, 0.717) is 18.6 Å². The van der Waals surface area contributed by atoms with Crippen molar-refractivity contribution in [1.82, 2.24) is 4.90 Å². The van der Waals surface area contributed by atoms with Gasteiger partial charge < -0.3 is 0 Å². The molecule has 0 radical (unpaired) electrons. The van der Waals surface area contributed by atoms with Crippen molar-refractivity contribution in [2.75, 3.05) is 6.54 Å². The fourth-order valence-electron chi connectivity index (χ4n) is 1.82. The molecule has 1 aromatic rings. The predicted octanol–water partition coefficient (Wildman–Crippen LogP) is 2.57. The van der Waals surface area contributed by atoms with Crippen LogP contribution < -0.4 is 0 Å². The van der Waals surface area contributed by atoms with Gasteiger partial charge in [-0.05, 0) is 5.56 Å². The van der Waals surface area contributed by atoms with E-state index in [4.69, 9.17) is 0 Å². The molecule has 0 saturated carbocycles. The number of piperidine rings is 1. The molecule has 0 aliphatic carbocycles. The molecule has 1 aliphatic heterocycles. The van der Waals surface area contributed by atoms with E-state index in [2.05, 4.69) is 33.0 Å². The summed E-state index contributed by atoms with van der Waals surface area (Å²) < 4.78 is 0. The van der Waals surface area contributed by atoms with Gasteiger partial charge in [0.2, 0.25) is 0 Å². The fraction of sp³-hybridized carbons (Fsp3) is 0.417. The van der Waals surface area contributed by atoms with E-state index < -0.39 is 0 Å². The Labute approximate surface area is 98.4 Å². The molecule has 0 N–H and O–H groups in total. The molecule has 1 fully saturated rings. The van der Waals surface area contributed by atoms with Crippen molar-refractivity contribution in [3.05, 3.63) is 35.9 Å². The van der Waals surface area contributed by atoms with Crippen molar-refractivity contribution in [3.8, 4) is 0 Å². The molecule has 0 amide bonds. The molecule has 15 heavy (non-hydrogen) atoms. The molecule has 1 aliphatic rings. The van der Waals surface area contributed by atoms with Crippen LogP contribution in [0.4, 0.5) is 0 Å². The molecule has 80 valence electrons. The third kappa shape index (κ3) is 2.89. The van der Waals surface area contributed by atoms with Crippen molar-refractivity contribution in [2.45, 2.75) is 24.3 Å². The highest BCUT2D eigenvalue weighted by molar-refractivity contribution is 9.09. The molecule has 1 atom stereocenters. The molecule has 1 saturated heterocycles. The summed E-state index contributed by atoms with van der Waals surface area (Å²) >= 11 is 3.56. The van der Waals surface area contributed by atoms with Gasteiger partial charge in [0.05, 0.1) is 4.95 Å². The number of ketones is 1. The summed E-state index contributed by atoms with van der Waals surface area (Å²) in [4.78, 5) is 13.7. The lowest BCUT2D eigenvalue weighted by atomic mass is 10.1. The number of rotatable bonds is 2. The smallest absolute Gasteiger partial charge is 0.136 e. The number of halogens is 1. The van der Waals surface area contributed by atoms with Gasteiger partial charge in [-0.15, -0.1) is 0 Å². The number of benzene rings is 1. The predicted molar refractivity (Wildman–Crippen MR) is 63.8 cm³/mol. The van der Waals surface area contributed by atoms with Crippen molar-refractivity contribution >= 4 is 21.7 Å². The maximum atomic E-state index is 11.2. The fourth-order valence-corrected chi connectivity index (χ4v) is 2.53. The van der Waals surface area contributed by atoms with Crippen LogP contribution >= 0.6 is 15.9 Å². The number of carbonyl (C=O) groups excluding carboxylic acids is 1. The van der Waals surface area contributed by atoms with E-state index in [9.17, 15) is 4.79 Å². The summed E-state index contributed by atoms with van der Waals surface area (Å²) in [6.45, 7) is 1.79. The second-order valence-corrected chi connectivity index (χ2v) is 4.94. The third-order valence-electron chi connectivity index (χ3n) is 2.70. The summed E-state index contributed by atoms with van der Waals surface area (Å²) in [7, 11) is 0. The summed E-state index contributed by atoms with van der Waals surface area (Å²) in [6, 6.07) is 10.4. The first kappa shape index (κ1) is 10.8. The normalized spacial score (nSPS) is 23.0. The van der Waals surface area contributed by atoms with Gasteiger partial charge in [0.15, 0.2) is 0 Å². The zero-order valence-corrected chi connectivity index (χ0v) is 10.1. The number of hydrogen-bond acceptors (Lipinski definition) is 2. The molecular formula is C12H14BrNO. The summed E-state index contributed by atoms with van der Waals surface area (Å²) in [6.07, 6.45) is 1.32. The van der Waals surface area contributed by atoms with E-state index in [1.165, 1.54) is 5.56 Å². The molecule has 1 aromatic carbocycles. The number of Topliss-reactive ketones (excluding diaryl/α,β-unsaturated/α-hetero) is 1. The van der Waals surface area contributed by atoms with Crippen molar-refractivity contribution in [1.29, 1.82) is 0 Å². The lowest BCUT2D eigenvalue weighted by Gasteiger charge is -2.31. The maximum absolute atomic E-state index is 11.2. The van der Waals surface area contributed by atoms with Crippen LogP contribution in [0.2, 0.25) is 0 Å². The molecule has 1 heterocycles. The number of alkyl halides is 1. The minimum Gasteiger partial charge on any atom is -0.300 e. The standard InChI is InChI=1S/C12H14BrNO/c13-12-8-11(15)6-7-14(12)9-10-4-2-1-3-5-10/h1-5,12H,6-9H2. The molecule has 1 unspecified atom stereocenters. The quantitative estimate of drug-likeness (QED) is 0.607. The van der Waals surface area contributed by atoms with Gasteiger partial charge in [-0.3, -0.25) is 9.69 Å². The Kier molecular flexibility index (Phi) is 3.54. The van der Waals surface area contributed by atoms with Gasteiger partial charge in [0.1, 0.15) is 5.78 Å².